The maximum Gasteiger partial charge on any atom is 0.246 e. The average molecular weight is 327 g/mol. The van der Waals surface area contributed by atoms with Crippen molar-refractivity contribution in [1.82, 2.24) is 9.80 Å². The van der Waals surface area contributed by atoms with Crippen molar-refractivity contribution in [2.45, 2.75) is 38.1 Å². The van der Waals surface area contributed by atoms with E-state index in [1.807, 2.05) is 11.0 Å². The Morgan fingerprint density at radius 1 is 1.25 bits per heavy atom. The van der Waals surface area contributed by atoms with Crippen LogP contribution in [0.5, 0.6) is 0 Å². The van der Waals surface area contributed by atoms with Crippen molar-refractivity contribution in [3.63, 3.8) is 0 Å². The molecule has 5 heteroatoms. The van der Waals surface area contributed by atoms with E-state index in [2.05, 4.69) is 11.0 Å². The zero-order valence-electron chi connectivity index (χ0n) is 14.1. The van der Waals surface area contributed by atoms with Crippen molar-refractivity contribution >= 4 is 12.0 Å². The SMILES string of the molecule is N#CC(C1CCCCC1)N1CCN(C(=O)/C=C/c2ccco2)CC1. The zero-order chi connectivity index (χ0) is 16.8. The predicted molar refractivity (Wildman–Crippen MR) is 91.9 cm³/mol. The standard InChI is InChI=1S/C19H25N3O2/c20-15-18(16-5-2-1-3-6-16)21-10-12-22(13-11-21)19(23)9-8-17-7-4-14-24-17/h4,7-9,14,16,18H,1-3,5-6,10-13H2/b9-8+. The molecular formula is C19H25N3O2. The topological polar surface area (TPSA) is 60.5 Å². The highest BCUT2D eigenvalue weighted by Crippen LogP contribution is 2.29. The zero-order valence-corrected chi connectivity index (χ0v) is 14.1. The van der Waals surface area contributed by atoms with Crippen molar-refractivity contribution in [3.05, 3.63) is 30.2 Å². The van der Waals surface area contributed by atoms with Gasteiger partial charge in [0, 0.05) is 32.3 Å². The maximum absolute atomic E-state index is 12.3. The van der Waals surface area contributed by atoms with Crippen LogP contribution in [-0.4, -0.2) is 47.9 Å². The molecule has 1 saturated heterocycles. The smallest absolute Gasteiger partial charge is 0.246 e. The van der Waals surface area contributed by atoms with Gasteiger partial charge in [0.15, 0.2) is 0 Å². The molecule has 1 saturated carbocycles. The summed E-state index contributed by atoms with van der Waals surface area (Å²) in [7, 11) is 0. The van der Waals surface area contributed by atoms with Crippen molar-refractivity contribution in [2.75, 3.05) is 26.2 Å². The third kappa shape index (κ3) is 4.07. The molecule has 1 amide bonds. The van der Waals surface area contributed by atoms with Crippen LogP contribution in [0, 0.1) is 17.2 Å². The van der Waals surface area contributed by atoms with Gasteiger partial charge in [0.2, 0.25) is 5.91 Å². The van der Waals surface area contributed by atoms with Crippen molar-refractivity contribution in [2.24, 2.45) is 5.92 Å². The minimum Gasteiger partial charge on any atom is -0.465 e. The molecule has 0 spiro atoms. The van der Waals surface area contributed by atoms with Gasteiger partial charge in [-0.05, 0) is 37.0 Å². The fourth-order valence-corrected chi connectivity index (χ4v) is 3.80. The summed E-state index contributed by atoms with van der Waals surface area (Å²) >= 11 is 0. The van der Waals surface area contributed by atoms with Gasteiger partial charge < -0.3 is 9.32 Å². The van der Waals surface area contributed by atoms with Crippen LogP contribution in [0.2, 0.25) is 0 Å². The van der Waals surface area contributed by atoms with E-state index >= 15 is 0 Å². The lowest BCUT2D eigenvalue weighted by Gasteiger charge is -2.40. The van der Waals surface area contributed by atoms with E-state index in [0.29, 0.717) is 24.8 Å². The van der Waals surface area contributed by atoms with Gasteiger partial charge in [-0.1, -0.05) is 19.3 Å². The molecule has 2 heterocycles. The third-order valence-corrected chi connectivity index (χ3v) is 5.18. The molecule has 2 aliphatic rings. The Kier molecular flexibility index (Phi) is 5.71. The largest absolute Gasteiger partial charge is 0.465 e. The summed E-state index contributed by atoms with van der Waals surface area (Å²) in [6, 6.07) is 6.16. The lowest BCUT2D eigenvalue weighted by molar-refractivity contribution is -0.128. The van der Waals surface area contributed by atoms with E-state index in [0.717, 1.165) is 13.1 Å². The van der Waals surface area contributed by atoms with Crippen LogP contribution in [0.4, 0.5) is 0 Å². The normalized spacial score (nSPS) is 21.7. The average Bonchev–Trinajstić information content (AvgIpc) is 3.15. The predicted octanol–water partition coefficient (Wildman–Crippen LogP) is 2.91. The van der Waals surface area contributed by atoms with Gasteiger partial charge >= 0.3 is 0 Å². The molecule has 2 fully saturated rings. The molecular weight excluding hydrogens is 302 g/mol. The summed E-state index contributed by atoms with van der Waals surface area (Å²) in [6.07, 6.45) is 11.0. The molecule has 1 unspecified atom stereocenters. The molecule has 0 radical (unpaired) electrons. The molecule has 1 aromatic heterocycles. The molecule has 5 nitrogen and oxygen atoms in total. The Balaban J connectivity index is 1.51. The van der Waals surface area contributed by atoms with Crippen LogP contribution < -0.4 is 0 Å². The van der Waals surface area contributed by atoms with Crippen LogP contribution in [-0.2, 0) is 4.79 Å². The van der Waals surface area contributed by atoms with E-state index in [-0.39, 0.29) is 11.9 Å². The maximum atomic E-state index is 12.3. The van der Waals surface area contributed by atoms with Crippen LogP contribution >= 0.6 is 0 Å². The highest BCUT2D eigenvalue weighted by molar-refractivity contribution is 5.91. The second-order valence-electron chi connectivity index (χ2n) is 6.68. The lowest BCUT2D eigenvalue weighted by atomic mass is 9.83. The first-order valence-electron chi connectivity index (χ1n) is 8.92. The first-order chi connectivity index (χ1) is 11.8. The van der Waals surface area contributed by atoms with E-state index in [1.54, 1.807) is 24.5 Å². The Morgan fingerprint density at radius 2 is 2.00 bits per heavy atom. The number of nitriles is 1. The minimum atomic E-state index is 0.0113. The molecule has 3 rings (SSSR count). The Bertz CT molecular complexity index is 589. The van der Waals surface area contributed by atoms with Gasteiger partial charge in [-0.15, -0.1) is 0 Å². The van der Waals surface area contributed by atoms with Crippen molar-refractivity contribution < 1.29 is 9.21 Å². The minimum absolute atomic E-state index is 0.0113. The van der Waals surface area contributed by atoms with E-state index in [4.69, 9.17) is 4.42 Å². The van der Waals surface area contributed by atoms with Gasteiger partial charge in [-0.25, -0.2) is 0 Å². The Hall–Kier alpha value is -2.06. The van der Waals surface area contributed by atoms with E-state index in [9.17, 15) is 10.1 Å². The highest BCUT2D eigenvalue weighted by Gasteiger charge is 2.31. The van der Waals surface area contributed by atoms with E-state index < -0.39 is 0 Å². The first kappa shape index (κ1) is 16.8. The molecule has 1 aliphatic carbocycles. The Labute approximate surface area is 143 Å². The number of nitrogens with zero attached hydrogens (tertiary/aromatic N) is 3. The molecule has 128 valence electrons. The fourth-order valence-electron chi connectivity index (χ4n) is 3.80. The quantitative estimate of drug-likeness (QED) is 0.798. The summed E-state index contributed by atoms with van der Waals surface area (Å²) in [6.45, 7) is 2.95. The van der Waals surface area contributed by atoms with Crippen LogP contribution in [0.25, 0.3) is 6.08 Å². The monoisotopic (exact) mass is 327 g/mol. The number of piperazine rings is 1. The summed E-state index contributed by atoms with van der Waals surface area (Å²) in [5, 5.41) is 9.60. The fraction of sp³-hybridized carbons (Fsp3) is 0.579. The number of amides is 1. The summed E-state index contributed by atoms with van der Waals surface area (Å²) in [5.74, 6) is 1.20. The first-order valence-corrected chi connectivity index (χ1v) is 8.92. The van der Waals surface area contributed by atoms with E-state index in [1.165, 1.54) is 32.1 Å². The van der Waals surface area contributed by atoms with Gasteiger partial charge in [0.1, 0.15) is 11.8 Å². The molecule has 0 aromatic carbocycles. The van der Waals surface area contributed by atoms with Gasteiger partial charge in [-0.3, -0.25) is 9.69 Å². The second-order valence-corrected chi connectivity index (χ2v) is 6.68. The molecule has 24 heavy (non-hydrogen) atoms. The van der Waals surface area contributed by atoms with Gasteiger partial charge in [-0.2, -0.15) is 5.26 Å². The number of furan rings is 1. The molecule has 0 bridgehead atoms. The van der Waals surface area contributed by atoms with Crippen molar-refractivity contribution in [3.8, 4) is 6.07 Å². The molecule has 1 aliphatic heterocycles. The number of rotatable bonds is 4. The summed E-state index contributed by atoms with van der Waals surface area (Å²) in [4.78, 5) is 16.4. The number of hydrogen-bond donors (Lipinski definition) is 0. The third-order valence-electron chi connectivity index (χ3n) is 5.18. The Morgan fingerprint density at radius 3 is 2.62 bits per heavy atom. The number of carbonyl (C=O) groups is 1. The van der Waals surface area contributed by atoms with Crippen LogP contribution in [0.1, 0.15) is 37.9 Å². The van der Waals surface area contributed by atoms with Crippen molar-refractivity contribution in [1.29, 1.82) is 5.26 Å². The van der Waals surface area contributed by atoms with Gasteiger partial charge in [0.25, 0.3) is 0 Å². The number of hydrogen-bond acceptors (Lipinski definition) is 4. The van der Waals surface area contributed by atoms with Crippen LogP contribution in [0.15, 0.2) is 28.9 Å². The summed E-state index contributed by atoms with van der Waals surface area (Å²) < 4.78 is 5.20. The second kappa shape index (κ2) is 8.16. The van der Waals surface area contributed by atoms with Gasteiger partial charge in [0.05, 0.1) is 12.3 Å². The lowest BCUT2D eigenvalue weighted by Crippen LogP contribution is -2.53. The molecule has 1 atom stereocenters. The molecule has 0 N–H and O–H groups in total. The van der Waals surface area contributed by atoms with Crippen LogP contribution in [0.3, 0.4) is 0 Å². The summed E-state index contributed by atoms with van der Waals surface area (Å²) in [5.41, 5.74) is 0. The molecule has 1 aromatic rings. The number of carbonyl (C=O) groups excluding carboxylic acids is 1. The highest BCUT2D eigenvalue weighted by atomic mass is 16.3.